The summed E-state index contributed by atoms with van der Waals surface area (Å²) < 4.78 is 0. The molecular weight excluding hydrogens is 244 g/mol. The quantitative estimate of drug-likeness (QED) is 0.919. The highest BCUT2D eigenvalue weighted by Gasteiger charge is 2.15. The molecule has 18 heavy (non-hydrogen) atoms. The van der Waals surface area contributed by atoms with E-state index in [-0.39, 0.29) is 0 Å². The lowest BCUT2D eigenvalue weighted by atomic mass is 10.1. The van der Waals surface area contributed by atoms with Crippen LogP contribution in [0.3, 0.4) is 0 Å². The summed E-state index contributed by atoms with van der Waals surface area (Å²) in [4.78, 5) is 2.33. The summed E-state index contributed by atoms with van der Waals surface area (Å²) in [6.45, 7) is 2.22. The molecule has 3 rings (SSSR count). The molecule has 0 radical (unpaired) electrons. The largest absolute Gasteiger partial charge is 0.347 e. The molecule has 0 spiro atoms. The normalized spacial score (nSPS) is 15.7. The average molecular weight is 260 g/mol. The predicted molar refractivity (Wildman–Crippen MR) is 75.7 cm³/mol. The van der Waals surface area contributed by atoms with Gasteiger partial charge in [-0.1, -0.05) is 29.5 Å². The molecule has 0 aliphatic carbocycles. The predicted octanol–water partition coefficient (Wildman–Crippen LogP) is 3.27. The molecule has 2 heterocycles. The third kappa shape index (κ3) is 2.61. The van der Waals surface area contributed by atoms with Crippen molar-refractivity contribution in [2.75, 3.05) is 23.3 Å². The van der Waals surface area contributed by atoms with Crippen LogP contribution >= 0.6 is 11.3 Å². The van der Waals surface area contributed by atoms with Crippen molar-refractivity contribution >= 4 is 27.3 Å². The Balaban J connectivity index is 1.69. The number of piperidine rings is 1. The van der Waals surface area contributed by atoms with Crippen LogP contribution < -0.4 is 10.2 Å². The highest BCUT2D eigenvalue weighted by atomic mass is 32.1. The number of aromatic nitrogens is 2. The summed E-state index contributed by atoms with van der Waals surface area (Å²) in [6.07, 6.45) is 3.87. The van der Waals surface area contributed by atoms with E-state index in [2.05, 4.69) is 20.4 Å². The molecule has 1 N–H and O–H groups in total. The Morgan fingerprint density at radius 1 is 1.00 bits per heavy atom. The first-order chi connectivity index (χ1) is 8.92. The molecule has 1 fully saturated rings. The van der Waals surface area contributed by atoms with Gasteiger partial charge in [0.15, 0.2) is 0 Å². The van der Waals surface area contributed by atoms with E-state index in [1.807, 2.05) is 30.3 Å². The Morgan fingerprint density at radius 3 is 2.56 bits per heavy atom. The van der Waals surface area contributed by atoms with Gasteiger partial charge < -0.3 is 10.2 Å². The van der Waals surface area contributed by atoms with Crippen LogP contribution in [0.15, 0.2) is 30.3 Å². The van der Waals surface area contributed by atoms with Crippen molar-refractivity contribution in [3.63, 3.8) is 0 Å². The minimum Gasteiger partial charge on any atom is -0.347 e. The molecule has 94 valence electrons. The van der Waals surface area contributed by atoms with Gasteiger partial charge in [0.05, 0.1) is 0 Å². The Kier molecular flexibility index (Phi) is 3.41. The van der Waals surface area contributed by atoms with Crippen LogP contribution in [0.2, 0.25) is 0 Å². The summed E-state index contributed by atoms with van der Waals surface area (Å²) in [6, 6.07) is 10.1. The number of benzene rings is 1. The van der Waals surface area contributed by atoms with E-state index < -0.39 is 0 Å². The zero-order chi connectivity index (χ0) is 12.2. The molecule has 0 saturated carbocycles. The van der Waals surface area contributed by atoms with Gasteiger partial charge in [-0.2, -0.15) is 0 Å². The third-order valence-electron chi connectivity index (χ3n) is 3.07. The minimum atomic E-state index is 0.863. The molecule has 2 aromatic rings. The topological polar surface area (TPSA) is 41.1 Å². The van der Waals surface area contributed by atoms with Crippen molar-refractivity contribution in [1.29, 1.82) is 0 Å². The van der Waals surface area contributed by atoms with E-state index in [0.29, 0.717) is 0 Å². The Morgan fingerprint density at radius 2 is 1.78 bits per heavy atom. The molecule has 1 aliphatic heterocycles. The monoisotopic (exact) mass is 260 g/mol. The van der Waals surface area contributed by atoms with Crippen molar-refractivity contribution in [1.82, 2.24) is 10.2 Å². The Hall–Kier alpha value is -1.62. The second-order valence-electron chi connectivity index (χ2n) is 4.43. The Labute approximate surface area is 111 Å². The lowest BCUT2D eigenvalue weighted by molar-refractivity contribution is 0.575. The number of nitrogens with one attached hydrogen (secondary N) is 1. The average Bonchev–Trinajstić information content (AvgIpc) is 2.89. The van der Waals surface area contributed by atoms with Crippen LogP contribution in [0.4, 0.5) is 16.0 Å². The summed E-state index contributed by atoms with van der Waals surface area (Å²) in [5, 5.41) is 13.7. The van der Waals surface area contributed by atoms with Crippen LogP contribution in [0.1, 0.15) is 19.3 Å². The first-order valence-electron chi connectivity index (χ1n) is 6.32. The van der Waals surface area contributed by atoms with Gasteiger partial charge >= 0.3 is 0 Å². The number of anilines is 3. The Bertz CT molecular complexity index is 491. The maximum atomic E-state index is 4.27. The van der Waals surface area contributed by atoms with Crippen molar-refractivity contribution in [2.45, 2.75) is 19.3 Å². The number of nitrogens with zero attached hydrogens (tertiary/aromatic N) is 3. The molecule has 0 unspecified atom stereocenters. The van der Waals surface area contributed by atoms with Crippen molar-refractivity contribution < 1.29 is 0 Å². The number of hydrogen-bond acceptors (Lipinski definition) is 5. The van der Waals surface area contributed by atoms with Crippen LogP contribution in [0.25, 0.3) is 0 Å². The fourth-order valence-corrected chi connectivity index (χ4v) is 2.94. The maximum absolute atomic E-state index is 4.27. The molecular formula is C13H16N4S. The second kappa shape index (κ2) is 5.35. The lowest BCUT2D eigenvalue weighted by Gasteiger charge is -2.25. The van der Waals surface area contributed by atoms with Gasteiger partial charge in [-0.3, -0.25) is 0 Å². The van der Waals surface area contributed by atoms with Crippen molar-refractivity contribution in [2.24, 2.45) is 0 Å². The third-order valence-corrected chi connectivity index (χ3v) is 3.97. The van der Waals surface area contributed by atoms with Gasteiger partial charge in [-0.25, -0.2) is 0 Å². The molecule has 5 heteroatoms. The molecule has 0 bridgehead atoms. The van der Waals surface area contributed by atoms with Crippen molar-refractivity contribution in [3.8, 4) is 0 Å². The van der Waals surface area contributed by atoms with Crippen molar-refractivity contribution in [3.05, 3.63) is 30.3 Å². The molecule has 4 nitrogen and oxygen atoms in total. The van der Waals surface area contributed by atoms with Crippen LogP contribution in [0, 0.1) is 0 Å². The summed E-state index contributed by atoms with van der Waals surface area (Å²) in [7, 11) is 0. The van der Waals surface area contributed by atoms with Gasteiger partial charge in [0.25, 0.3) is 0 Å². The van der Waals surface area contributed by atoms with Gasteiger partial charge in [-0.05, 0) is 31.4 Å². The van der Waals surface area contributed by atoms with E-state index >= 15 is 0 Å². The zero-order valence-corrected chi connectivity index (χ0v) is 11.0. The molecule has 1 aromatic heterocycles. The zero-order valence-electron chi connectivity index (χ0n) is 10.2. The molecule has 1 saturated heterocycles. The first-order valence-corrected chi connectivity index (χ1v) is 7.14. The highest BCUT2D eigenvalue weighted by Crippen LogP contribution is 2.28. The minimum absolute atomic E-state index is 0.863. The maximum Gasteiger partial charge on any atom is 0.211 e. The van der Waals surface area contributed by atoms with Gasteiger partial charge in [0, 0.05) is 18.8 Å². The SMILES string of the molecule is c1ccc(Nc2nnc(N3CCCCC3)s2)cc1. The summed E-state index contributed by atoms with van der Waals surface area (Å²) >= 11 is 1.63. The second-order valence-corrected chi connectivity index (χ2v) is 5.38. The van der Waals surface area contributed by atoms with Gasteiger partial charge in [0.1, 0.15) is 0 Å². The molecule has 1 aromatic carbocycles. The fraction of sp³-hybridized carbons (Fsp3) is 0.385. The van der Waals surface area contributed by atoms with E-state index in [1.54, 1.807) is 11.3 Å². The standard InChI is InChI=1S/C13H16N4S/c1-3-7-11(8-4-1)14-12-15-16-13(18-12)17-9-5-2-6-10-17/h1,3-4,7-8H,2,5-6,9-10H2,(H,14,15). The fourth-order valence-electron chi connectivity index (χ4n) is 2.12. The van der Waals surface area contributed by atoms with E-state index in [4.69, 9.17) is 0 Å². The van der Waals surface area contributed by atoms with E-state index in [9.17, 15) is 0 Å². The number of para-hydroxylation sites is 1. The first kappa shape index (κ1) is 11.5. The molecule has 0 atom stereocenters. The lowest BCUT2D eigenvalue weighted by Crippen LogP contribution is -2.29. The van der Waals surface area contributed by atoms with Crippen LogP contribution in [-0.2, 0) is 0 Å². The van der Waals surface area contributed by atoms with E-state index in [1.165, 1.54) is 19.3 Å². The van der Waals surface area contributed by atoms with Crippen LogP contribution in [-0.4, -0.2) is 23.3 Å². The number of rotatable bonds is 3. The molecule has 0 amide bonds. The summed E-state index contributed by atoms with van der Waals surface area (Å²) in [5.41, 5.74) is 1.05. The van der Waals surface area contributed by atoms with Gasteiger partial charge in [0.2, 0.25) is 10.3 Å². The van der Waals surface area contributed by atoms with Crippen LogP contribution in [0.5, 0.6) is 0 Å². The van der Waals surface area contributed by atoms with E-state index in [0.717, 1.165) is 29.0 Å². The highest BCUT2D eigenvalue weighted by molar-refractivity contribution is 7.19. The summed E-state index contributed by atoms with van der Waals surface area (Å²) in [5.74, 6) is 0. The number of hydrogen-bond donors (Lipinski definition) is 1. The smallest absolute Gasteiger partial charge is 0.211 e. The van der Waals surface area contributed by atoms with Gasteiger partial charge in [-0.15, -0.1) is 10.2 Å². The molecule has 1 aliphatic rings.